The predicted octanol–water partition coefficient (Wildman–Crippen LogP) is 0.290. The second kappa shape index (κ2) is 6.35. The molecule has 0 saturated carbocycles. The Labute approximate surface area is 66.7 Å². The van der Waals surface area contributed by atoms with Gasteiger partial charge in [0.15, 0.2) is 5.11 Å². The van der Waals surface area contributed by atoms with E-state index in [1.807, 2.05) is 0 Å². The Morgan fingerprint density at radius 1 is 1.70 bits per heavy atom. The van der Waals surface area contributed by atoms with E-state index >= 15 is 0 Å². The first kappa shape index (κ1) is 9.23. The fourth-order valence-corrected chi connectivity index (χ4v) is 0.583. The van der Waals surface area contributed by atoms with Crippen molar-refractivity contribution in [2.24, 2.45) is 5.73 Å². The summed E-state index contributed by atoms with van der Waals surface area (Å²) in [6.07, 6.45) is 4.05. The van der Waals surface area contributed by atoms with Gasteiger partial charge in [0.2, 0.25) is 0 Å². The molecule has 0 saturated heterocycles. The van der Waals surface area contributed by atoms with Crippen molar-refractivity contribution in [3.05, 3.63) is 12.4 Å². The Hall–Kier alpha value is -0.770. The molecule has 58 valence electrons. The summed E-state index contributed by atoms with van der Waals surface area (Å²) in [7, 11) is 0. The molecule has 0 aromatic carbocycles. The minimum Gasteiger partial charge on any atom is -0.403 e. The zero-order valence-corrected chi connectivity index (χ0v) is 6.87. The number of hydrogen-bond donors (Lipinski definition) is 3. The first-order valence-corrected chi connectivity index (χ1v) is 3.63. The van der Waals surface area contributed by atoms with Crippen molar-refractivity contribution in [1.29, 1.82) is 0 Å². The van der Waals surface area contributed by atoms with Gasteiger partial charge in [0.25, 0.3) is 0 Å². The first-order chi connectivity index (χ1) is 4.81. The van der Waals surface area contributed by atoms with E-state index in [0.717, 1.165) is 13.0 Å². The SMILES string of the molecule is CCCNC(=S)N/C=C\N. The van der Waals surface area contributed by atoms with Crippen LogP contribution in [0.2, 0.25) is 0 Å². The van der Waals surface area contributed by atoms with E-state index in [2.05, 4.69) is 17.6 Å². The summed E-state index contributed by atoms with van der Waals surface area (Å²) < 4.78 is 0. The number of hydrogen-bond acceptors (Lipinski definition) is 2. The van der Waals surface area contributed by atoms with Gasteiger partial charge in [-0.05, 0) is 18.6 Å². The minimum absolute atomic E-state index is 0.614. The van der Waals surface area contributed by atoms with Crippen molar-refractivity contribution in [3.8, 4) is 0 Å². The Morgan fingerprint density at radius 2 is 2.40 bits per heavy atom. The lowest BCUT2D eigenvalue weighted by atomic mass is 10.5. The molecule has 0 bridgehead atoms. The van der Waals surface area contributed by atoms with Crippen LogP contribution >= 0.6 is 12.2 Å². The summed E-state index contributed by atoms with van der Waals surface area (Å²) in [5.41, 5.74) is 5.08. The molecule has 0 aliphatic rings. The predicted molar refractivity (Wildman–Crippen MR) is 47.4 cm³/mol. The van der Waals surface area contributed by atoms with Crippen molar-refractivity contribution in [1.82, 2.24) is 10.6 Å². The maximum atomic E-state index is 5.08. The second-order valence-corrected chi connectivity index (χ2v) is 2.17. The molecule has 4 N–H and O–H groups in total. The van der Waals surface area contributed by atoms with E-state index in [4.69, 9.17) is 18.0 Å². The molecule has 0 radical (unpaired) electrons. The van der Waals surface area contributed by atoms with Gasteiger partial charge in [0.1, 0.15) is 0 Å². The van der Waals surface area contributed by atoms with Crippen molar-refractivity contribution < 1.29 is 0 Å². The summed E-state index contributed by atoms with van der Waals surface area (Å²) in [5.74, 6) is 0. The van der Waals surface area contributed by atoms with Crippen LogP contribution in [0.5, 0.6) is 0 Å². The van der Waals surface area contributed by atoms with Crippen molar-refractivity contribution in [2.75, 3.05) is 6.54 Å². The number of thiocarbonyl (C=S) groups is 1. The van der Waals surface area contributed by atoms with Crippen LogP contribution < -0.4 is 16.4 Å². The fraction of sp³-hybridized carbons (Fsp3) is 0.500. The molecule has 0 aromatic heterocycles. The molecule has 10 heavy (non-hydrogen) atoms. The maximum Gasteiger partial charge on any atom is 0.170 e. The highest BCUT2D eigenvalue weighted by Crippen LogP contribution is 1.71. The second-order valence-electron chi connectivity index (χ2n) is 1.76. The monoisotopic (exact) mass is 159 g/mol. The minimum atomic E-state index is 0.614. The topological polar surface area (TPSA) is 50.1 Å². The van der Waals surface area contributed by atoms with E-state index in [0.29, 0.717) is 5.11 Å². The van der Waals surface area contributed by atoms with Gasteiger partial charge in [-0.25, -0.2) is 0 Å². The van der Waals surface area contributed by atoms with E-state index < -0.39 is 0 Å². The zero-order chi connectivity index (χ0) is 7.82. The van der Waals surface area contributed by atoms with Crippen molar-refractivity contribution in [3.63, 3.8) is 0 Å². The lowest BCUT2D eigenvalue weighted by Gasteiger charge is -2.03. The van der Waals surface area contributed by atoms with Crippen molar-refractivity contribution in [2.45, 2.75) is 13.3 Å². The van der Waals surface area contributed by atoms with Crippen LogP contribution in [0.25, 0.3) is 0 Å². The van der Waals surface area contributed by atoms with Gasteiger partial charge in [-0.3, -0.25) is 0 Å². The normalized spacial score (nSPS) is 9.70. The molecule has 4 heteroatoms. The highest BCUT2D eigenvalue weighted by molar-refractivity contribution is 7.80. The molecule has 0 atom stereocenters. The Bertz CT molecular complexity index is 122. The van der Waals surface area contributed by atoms with Gasteiger partial charge in [0.05, 0.1) is 0 Å². The van der Waals surface area contributed by atoms with E-state index in [9.17, 15) is 0 Å². The van der Waals surface area contributed by atoms with Crippen LogP contribution in [0.15, 0.2) is 12.4 Å². The summed E-state index contributed by atoms with van der Waals surface area (Å²) in [4.78, 5) is 0. The smallest absolute Gasteiger partial charge is 0.170 e. The molecular formula is C6H13N3S. The fourth-order valence-electron chi connectivity index (χ4n) is 0.413. The van der Waals surface area contributed by atoms with Gasteiger partial charge >= 0.3 is 0 Å². The summed E-state index contributed by atoms with van der Waals surface area (Å²) in [6.45, 7) is 2.97. The molecule has 0 aromatic rings. The third-order valence-corrected chi connectivity index (χ3v) is 1.11. The molecule has 0 heterocycles. The van der Waals surface area contributed by atoms with Crippen LogP contribution in [0.3, 0.4) is 0 Å². The standard InChI is InChI=1S/C6H13N3S/c1-2-4-8-6(10)9-5-3-7/h3,5H,2,4,7H2,1H3,(H2,8,9,10)/b5-3-. The third kappa shape index (κ3) is 5.37. The maximum absolute atomic E-state index is 5.08. The Balaban J connectivity index is 3.25. The number of rotatable bonds is 3. The average Bonchev–Trinajstić information content (AvgIpc) is 1.97. The molecule has 0 aliphatic carbocycles. The summed E-state index contributed by atoms with van der Waals surface area (Å²) in [6, 6.07) is 0. The van der Waals surface area contributed by atoms with Gasteiger partial charge in [-0.2, -0.15) is 0 Å². The highest BCUT2D eigenvalue weighted by Gasteiger charge is 1.86. The summed E-state index contributed by atoms with van der Waals surface area (Å²) in [5, 5.41) is 6.38. The van der Waals surface area contributed by atoms with Crippen LogP contribution in [-0.4, -0.2) is 11.7 Å². The lowest BCUT2D eigenvalue weighted by molar-refractivity contribution is 0.832. The third-order valence-electron chi connectivity index (χ3n) is 0.846. The number of nitrogens with two attached hydrogens (primary N) is 1. The van der Waals surface area contributed by atoms with E-state index in [-0.39, 0.29) is 0 Å². The molecule has 0 amide bonds. The summed E-state index contributed by atoms with van der Waals surface area (Å²) >= 11 is 4.86. The van der Waals surface area contributed by atoms with Gasteiger partial charge in [0, 0.05) is 18.9 Å². The largest absolute Gasteiger partial charge is 0.403 e. The number of nitrogens with one attached hydrogen (secondary N) is 2. The van der Waals surface area contributed by atoms with Crippen LogP contribution in [0.1, 0.15) is 13.3 Å². The Kier molecular flexibility index (Phi) is 5.86. The highest BCUT2D eigenvalue weighted by atomic mass is 32.1. The van der Waals surface area contributed by atoms with Gasteiger partial charge in [-0.1, -0.05) is 6.92 Å². The van der Waals surface area contributed by atoms with Crippen LogP contribution in [-0.2, 0) is 0 Å². The van der Waals surface area contributed by atoms with Crippen molar-refractivity contribution >= 4 is 17.3 Å². The average molecular weight is 159 g/mol. The lowest BCUT2D eigenvalue weighted by Crippen LogP contribution is -2.32. The van der Waals surface area contributed by atoms with E-state index in [1.54, 1.807) is 6.20 Å². The molecule has 0 spiro atoms. The molecule has 0 unspecified atom stereocenters. The first-order valence-electron chi connectivity index (χ1n) is 3.22. The molecule has 0 aliphatic heterocycles. The quantitative estimate of drug-likeness (QED) is 0.518. The van der Waals surface area contributed by atoms with Gasteiger partial charge < -0.3 is 16.4 Å². The molecular weight excluding hydrogens is 146 g/mol. The molecule has 0 fully saturated rings. The molecule has 0 rings (SSSR count). The van der Waals surface area contributed by atoms with Crippen LogP contribution in [0.4, 0.5) is 0 Å². The van der Waals surface area contributed by atoms with Crippen LogP contribution in [0, 0.1) is 0 Å². The van der Waals surface area contributed by atoms with E-state index in [1.165, 1.54) is 6.20 Å². The molecule has 3 nitrogen and oxygen atoms in total. The Morgan fingerprint density at radius 3 is 2.90 bits per heavy atom. The van der Waals surface area contributed by atoms with Gasteiger partial charge in [-0.15, -0.1) is 0 Å². The zero-order valence-electron chi connectivity index (χ0n) is 6.05.